The number of nitro benzene ring substituents is 1. The lowest BCUT2D eigenvalue weighted by molar-refractivity contribution is -0.385. The second kappa shape index (κ2) is 6.29. The predicted octanol–water partition coefficient (Wildman–Crippen LogP) is 1.88. The molecule has 8 heteroatoms. The number of carbonyl (C=O) groups is 2. The molecule has 0 heterocycles. The number of carbonyl (C=O) groups excluding carboxylic acids is 1. The second-order valence-corrected chi connectivity index (χ2v) is 4.91. The van der Waals surface area contributed by atoms with Crippen molar-refractivity contribution in [3.63, 3.8) is 0 Å². The average molecular weight is 298 g/mol. The summed E-state index contributed by atoms with van der Waals surface area (Å²) in [6.45, 7) is 4.44. The number of carboxylic acid groups (broad SMARTS) is 1. The number of carboxylic acids is 1. The van der Waals surface area contributed by atoms with E-state index in [1.54, 1.807) is 13.8 Å². The van der Waals surface area contributed by atoms with Crippen LogP contribution in [-0.2, 0) is 4.79 Å². The molecule has 0 saturated heterocycles. The van der Waals surface area contributed by atoms with Gasteiger partial charge in [-0.1, -0.05) is 13.8 Å². The van der Waals surface area contributed by atoms with Gasteiger partial charge in [-0.2, -0.15) is 0 Å². The molecule has 21 heavy (non-hydrogen) atoms. The van der Waals surface area contributed by atoms with E-state index >= 15 is 0 Å². The Hall–Kier alpha value is -2.51. The van der Waals surface area contributed by atoms with Crippen LogP contribution in [-0.4, -0.2) is 27.9 Å². The Labute approximate surface area is 119 Å². The average Bonchev–Trinajstić information content (AvgIpc) is 2.37. The van der Waals surface area contributed by atoms with Crippen molar-refractivity contribution >= 4 is 17.6 Å². The summed E-state index contributed by atoms with van der Waals surface area (Å²) >= 11 is 0. The number of nitrogens with zero attached hydrogens (tertiary/aromatic N) is 1. The quantitative estimate of drug-likeness (QED) is 0.637. The number of hydrogen-bond acceptors (Lipinski definition) is 4. The van der Waals surface area contributed by atoms with Crippen LogP contribution >= 0.6 is 0 Å². The van der Waals surface area contributed by atoms with E-state index in [4.69, 9.17) is 5.11 Å². The molecule has 0 saturated carbocycles. The van der Waals surface area contributed by atoms with Crippen molar-refractivity contribution in [2.45, 2.75) is 26.8 Å². The number of aliphatic carboxylic acids is 1. The maximum atomic E-state index is 13.9. The largest absolute Gasteiger partial charge is 0.480 e. The minimum atomic E-state index is -1.26. The number of non-ortho nitro benzene ring substituents is 1. The van der Waals surface area contributed by atoms with Crippen LogP contribution in [0.15, 0.2) is 12.1 Å². The number of aryl methyl sites for hydroxylation is 1. The van der Waals surface area contributed by atoms with Crippen molar-refractivity contribution < 1.29 is 24.0 Å². The lowest BCUT2D eigenvalue weighted by Gasteiger charge is -2.18. The van der Waals surface area contributed by atoms with Crippen molar-refractivity contribution in [2.24, 2.45) is 5.92 Å². The molecule has 0 bridgehead atoms. The van der Waals surface area contributed by atoms with Gasteiger partial charge in [0.1, 0.15) is 11.9 Å². The van der Waals surface area contributed by atoms with E-state index in [9.17, 15) is 24.1 Å². The first-order valence-electron chi connectivity index (χ1n) is 6.13. The Kier molecular flexibility index (Phi) is 4.96. The van der Waals surface area contributed by atoms with Crippen LogP contribution in [0.5, 0.6) is 0 Å². The molecule has 0 aliphatic heterocycles. The fourth-order valence-corrected chi connectivity index (χ4v) is 1.75. The minimum Gasteiger partial charge on any atom is -0.480 e. The molecule has 0 aliphatic rings. The zero-order chi connectivity index (χ0) is 16.3. The van der Waals surface area contributed by atoms with E-state index in [-0.39, 0.29) is 5.56 Å². The summed E-state index contributed by atoms with van der Waals surface area (Å²) in [5, 5.41) is 21.9. The number of nitrogens with one attached hydrogen (secondary N) is 1. The molecular weight excluding hydrogens is 283 g/mol. The number of benzene rings is 1. The summed E-state index contributed by atoms with van der Waals surface area (Å²) in [4.78, 5) is 33.0. The molecule has 7 nitrogen and oxygen atoms in total. The normalized spacial score (nSPS) is 12.0. The van der Waals surface area contributed by atoms with Crippen molar-refractivity contribution in [3.8, 4) is 0 Å². The van der Waals surface area contributed by atoms with E-state index in [1.165, 1.54) is 6.92 Å². The molecule has 1 aromatic carbocycles. The van der Waals surface area contributed by atoms with E-state index in [0.717, 1.165) is 12.1 Å². The lowest BCUT2D eigenvalue weighted by atomic mass is 10.0. The van der Waals surface area contributed by atoms with E-state index in [1.807, 2.05) is 0 Å². The molecule has 1 atom stereocenters. The van der Waals surface area contributed by atoms with Crippen molar-refractivity contribution in [1.29, 1.82) is 0 Å². The molecule has 0 aliphatic carbocycles. The Balaban J connectivity index is 3.18. The molecule has 0 fully saturated rings. The number of nitro groups is 1. The maximum Gasteiger partial charge on any atom is 0.326 e. The van der Waals surface area contributed by atoms with Gasteiger partial charge in [0.05, 0.1) is 10.5 Å². The van der Waals surface area contributed by atoms with Gasteiger partial charge in [-0.15, -0.1) is 0 Å². The first-order valence-corrected chi connectivity index (χ1v) is 6.13. The smallest absolute Gasteiger partial charge is 0.326 e. The number of hydrogen-bond donors (Lipinski definition) is 2. The standard InChI is InChI=1S/C13H15FN2O5/c1-6(2)11(13(18)19)15-12(17)9-5-8(16(20)21)4-7(3)10(9)14/h4-6,11H,1-3H3,(H,15,17)(H,18,19). The molecule has 114 valence electrons. The highest BCUT2D eigenvalue weighted by atomic mass is 19.1. The van der Waals surface area contributed by atoms with Gasteiger partial charge in [-0.25, -0.2) is 9.18 Å². The van der Waals surface area contributed by atoms with Crippen LogP contribution in [0.4, 0.5) is 10.1 Å². The number of amides is 1. The van der Waals surface area contributed by atoms with Gasteiger partial charge in [-0.05, 0) is 18.4 Å². The first kappa shape index (κ1) is 16.5. The molecule has 0 spiro atoms. The second-order valence-electron chi connectivity index (χ2n) is 4.91. The van der Waals surface area contributed by atoms with E-state index in [0.29, 0.717) is 0 Å². The van der Waals surface area contributed by atoms with Gasteiger partial charge in [0.2, 0.25) is 0 Å². The summed E-state index contributed by atoms with van der Waals surface area (Å²) in [6.07, 6.45) is 0. The van der Waals surface area contributed by atoms with Crippen molar-refractivity contribution in [2.75, 3.05) is 0 Å². The number of rotatable bonds is 5. The molecule has 1 amide bonds. The fraction of sp³-hybridized carbons (Fsp3) is 0.385. The maximum absolute atomic E-state index is 13.9. The molecular formula is C13H15FN2O5. The first-order chi connectivity index (χ1) is 9.65. The van der Waals surface area contributed by atoms with Crippen molar-refractivity contribution in [3.05, 3.63) is 39.2 Å². The Morgan fingerprint density at radius 1 is 1.38 bits per heavy atom. The lowest BCUT2D eigenvalue weighted by Crippen LogP contribution is -2.44. The Morgan fingerprint density at radius 2 is 1.95 bits per heavy atom. The summed E-state index contributed by atoms with van der Waals surface area (Å²) in [7, 11) is 0. The van der Waals surface area contributed by atoms with E-state index in [2.05, 4.69) is 5.32 Å². The highest BCUT2D eigenvalue weighted by Gasteiger charge is 2.27. The third-order valence-corrected chi connectivity index (χ3v) is 2.91. The molecule has 1 unspecified atom stereocenters. The van der Waals surface area contributed by atoms with E-state index < -0.39 is 45.8 Å². The minimum absolute atomic E-state index is 0.0641. The molecule has 0 radical (unpaired) electrons. The van der Waals surface area contributed by atoms with Crippen LogP contribution in [0, 0.1) is 28.8 Å². The SMILES string of the molecule is Cc1cc([N+](=O)[O-])cc(C(=O)NC(C(=O)O)C(C)C)c1F. The molecule has 1 rings (SSSR count). The zero-order valence-corrected chi connectivity index (χ0v) is 11.7. The van der Waals surface area contributed by atoms with Gasteiger partial charge in [-0.3, -0.25) is 14.9 Å². The van der Waals surface area contributed by atoms with Gasteiger partial charge in [0.15, 0.2) is 0 Å². The molecule has 2 N–H and O–H groups in total. The Morgan fingerprint density at radius 3 is 2.38 bits per heavy atom. The summed E-state index contributed by atoms with van der Waals surface area (Å²) in [6, 6.07) is 0.580. The van der Waals surface area contributed by atoms with Gasteiger partial charge in [0.25, 0.3) is 11.6 Å². The molecule has 0 aromatic heterocycles. The topological polar surface area (TPSA) is 110 Å². The highest BCUT2D eigenvalue weighted by molar-refractivity contribution is 5.97. The van der Waals surface area contributed by atoms with Crippen LogP contribution in [0.2, 0.25) is 0 Å². The summed E-state index contributed by atoms with van der Waals surface area (Å²) in [5.74, 6) is -3.60. The Bertz CT molecular complexity index is 600. The fourth-order valence-electron chi connectivity index (χ4n) is 1.75. The van der Waals surface area contributed by atoms with Crippen LogP contribution in [0.1, 0.15) is 29.8 Å². The zero-order valence-electron chi connectivity index (χ0n) is 11.7. The summed E-state index contributed by atoms with van der Waals surface area (Å²) in [5.41, 5.74) is -1.05. The third kappa shape index (κ3) is 3.74. The summed E-state index contributed by atoms with van der Waals surface area (Å²) < 4.78 is 13.9. The van der Waals surface area contributed by atoms with Crippen LogP contribution in [0.3, 0.4) is 0 Å². The monoisotopic (exact) mass is 298 g/mol. The van der Waals surface area contributed by atoms with Gasteiger partial charge >= 0.3 is 5.97 Å². The predicted molar refractivity (Wildman–Crippen MR) is 71.5 cm³/mol. The van der Waals surface area contributed by atoms with Crippen LogP contribution in [0.25, 0.3) is 0 Å². The highest BCUT2D eigenvalue weighted by Crippen LogP contribution is 2.21. The van der Waals surface area contributed by atoms with Crippen molar-refractivity contribution in [1.82, 2.24) is 5.32 Å². The van der Waals surface area contributed by atoms with Gasteiger partial charge < -0.3 is 10.4 Å². The van der Waals surface area contributed by atoms with Gasteiger partial charge in [0, 0.05) is 12.1 Å². The number of halogens is 1. The third-order valence-electron chi connectivity index (χ3n) is 2.91. The van der Waals surface area contributed by atoms with Crippen LogP contribution < -0.4 is 5.32 Å². The molecule has 1 aromatic rings.